The van der Waals surface area contributed by atoms with Crippen molar-refractivity contribution in [2.24, 2.45) is 11.7 Å². The van der Waals surface area contributed by atoms with Crippen LogP contribution in [0.1, 0.15) is 36.0 Å². The van der Waals surface area contributed by atoms with E-state index in [9.17, 15) is 14.4 Å². The van der Waals surface area contributed by atoms with Crippen LogP contribution in [-0.4, -0.2) is 65.4 Å². The Bertz CT molecular complexity index is 1560. The number of primary amides is 1. The minimum absolute atomic E-state index is 0.157. The molecule has 0 atom stereocenters. The highest BCUT2D eigenvalue weighted by atomic mass is 32.1. The van der Waals surface area contributed by atoms with Crippen LogP contribution in [0.3, 0.4) is 0 Å². The number of likely N-dealkylation sites (tertiary alicyclic amines) is 1. The number of anilines is 1. The summed E-state index contributed by atoms with van der Waals surface area (Å²) in [7, 11) is 0. The smallest absolute Gasteiger partial charge is 0.258 e. The Balaban J connectivity index is 1.47. The zero-order valence-electron chi connectivity index (χ0n) is 20.6. The van der Waals surface area contributed by atoms with Gasteiger partial charge in [0, 0.05) is 38.3 Å². The number of fused-ring (bicyclic) bond motifs is 5. The number of nitrogens with zero attached hydrogens (tertiary/aromatic N) is 4. The molecule has 0 bridgehead atoms. The molecule has 0 unspecified atom stereocenters. The predicted molar refractivity (Wildman–Crippen MR) is 146 cm³/mol. The van der Waals surface area contributed by atoms with Gasteiger partial charge in [-0.1, -0.05) is 12.1 Å². The summed E-state index contributed by atoms with van der Waals surface area (Å²) in [6.07, 6.45) is 5.36. The van der Waals surface area contributed by atoms with Crippen molar-refractivity contribution in [3.8, 4) is 0 Å². The maximum Gasteiger partial charge on any atom is 0.258 e. The highest BCUT2D eigenvalue weighted by molar-refractivity contribution is 7.24. The molecule has 2 amide bonds. The lowest BCUT2D eigenvalue weighted by Crippen LogP contribution is -2.39. The average Bonchev–Trinajstić information content (AvgIpc) is 3.56. The molecule has 2 fully saturated rings. The molecule has 3 aromatic heterocycles. The summed E-state index contributed by atoms with van der Waals surface area (Å²) >= 11 is 1.44. The van der Waals surface area contributed by atoms with Crippen LogP contribution >= 0.6 is 11.3 Å². The van der Waals surface area contributed by atoms with Crippen molar-refractivity contribution >= 4 is 54.9 Å². The number of para-hydroxylation sites is 1. The summed E-state index contributed by atoms with van der Waals surface area (Å²) in [5.41, 5.74) is 7.59. The molecule has 10 heteroatoms. The van der Waals surface area contributed by atoms with E-state index in [0.717, 1.165) is 35.5 Å². The largest absolute Gasteiger partial charge is 0.371 e. The van der Waals surface area contributed by atoms with E-state index in [1.54, 1.807) is 6.20 Å². The second kappa shape index (κ2) is 9.75. The van der Waals surface area contributed by atoms with Crippen LogP contribution in [0.25, 0.3) is 26.1 Å². The van der Waals surface area contributed by atoms with Gasteiger partial charge in [0.05, 0.1) is 21.3 Å². The molecular formula is C27H30N6O3S. The van der Waals surface area contributed by atoms with Gasteiger partial charge in [-0.3, -0.25) is 18.8 Å². The standard InChI is InChI=1S/C27H30N6O3S/c28-24(35)17-8-14-32(15-9-17)19-7-10-29-25-21(19)23(34)22(26(36)30-11-16-31-12-3-4-13-31)27-33(25)18-5-1-2-6-20(18)37-27/h1-2,5-7,10,17H,3-4,8-9,11-16H2,(H2,28,35)(H,30,36). The quantitative estimate of drug-likeness (QED) is 0.406. The third-order valence-electron chi connectivity index (χ3n) is 7.68. The van der Waals surface area contributed by atoms with Crippen molar-refractivity contribution in [3.05, 3.63) is 52.3 Å². The van der Waals surface area contributed by atoms with Crippen molar-refractivity contribution in [2.75, 3.05) is 44.2 Å². The number of aromatic nitrogens is 2. The van der Waals surface area contributed by atoms with E-state index in [2.05, 4.69) is 20.1 Å². The number of benzene rings is 1. The molecule has 192 valence electrons. The second-order valence-electron chi connectivity index (χ2n) is 9.91. The molecule has 2 saturated heterocycles. The number of pyridine rings is 2. The molecule has 9 nitrogen and oxygen atoms in total. The van der Waals surface area contributed by atoms with Crippen molar-refractivity contribution in [3.63, 3.8) is 0 Å². The maximum atomic E-state index is 14.1. The molecule has 6 rings (SSSR count). The molecule has 3 N–H and O–H groups in total. The molecule has 0 saturated carbocycles. The summed E-state index contributed by atoms with van der Waals surface area (Å²) in [6.45, 7) is 4.59. The SMILES string of the molecule is NC(=O)C1CCN(c2ccnc3c2c(=O)c(C(=O)NCCN2CCCC2)c2sc4ccccc4n23)CC1. The van der Waals surface area contributed by atoms with E-state index in [4.69, 9.17) is 5.73 Å². The lowest BCUT2D eigenvalue weighted by atomic mass is 9.95. The van der Waals surface area contributed by atoms with Gasteiger partial charge in [-0.05, 0) is 57.0 Å². The molecular weight excluding hydrogens is 488 g/mol. The maximum absolute atomic E-state index is 14.1. The molecule has 37 heavy (non-hydrogen) atoms. The van der Waals surface area contributed by atoms with Gasteiger partial charge >= 0.3 is 0 Å². The van der Waals surface area contributed by atoms with Gasteiger partial charge in [0.15, 0.2) is 5.65 Å². The first-order valence-corrected chi connectivity index (χ1v) is 13.7. The number of amides is 2. The third-order valence-corrected chi connectivity index (χ3v) is 8.83. The van der Waals surface area contributed by atoms with Crippen molar-refractivity contribution in [1.82, 2.24) is 19.6 Å². The fourth-order valence-corrected chi connectivity index (χ4v) is 6.88. The van der Waals surface area contributed by atoms with Crippen LogP contribution in [0.2, 0.25) is 0 Å². The first kappa shape index (κ1) is 23.9. The normalized spacial score (nSPS) is 17.2. The Morgan fingerprint density at radius 2 is 1.84 bits per heavy atom. The third kappa shape index (κ3) is 4.23. The lowest BCUT2D eigenvalue weighted by Gasteiger charge is -2.32. The monoisotopic (exact) mass is 518 g/mol. The summed E-state index contributed by atoms with van der Waals surface area (Å²) in [6, 6.07) is 9.73. The molecule has 1 aromatic carbocycles. The molecule has 2 aliphatic rings. The van der Waals surface area contributed by atoms with Gasteiger partial charge in [0.1, 0.15) is 10.4 Å². The fraction of sp³-hybridized carbons (Fsp3) is 0.407. The number of rotatable bonds is 6. The Hall–Kier alpha value is -3.50. The Kier molecular flexibility index (Phi) is 6.29. The molecule has 5 heterocycles. The zero-order valence-corrected chi connectivity index (χ0v) is 21.4. The van der Waals surface area contributed by atoms with Crippen molar-refractivity contribution in [2.45, 2.75) is 25.7 Å². The number of piperidine rings is 1. The lowest BCUT2D eigenvalue weighted by molar-refractivity contribution is -0.122. The van der Waals surface area contributed by atoms with Crippen LogP contribution in [0.15, 0.2) is 41.3 Å². The van der Waals surface area contributed by atoms with E-state index in [1.165, 1.54) is 24.2 Å². The van der Waals surface area contributed by atoms with Gasteiger partial charge in [-0.25, -0.2) is 4.98 Å². The summed E-state index contributed by atoms with van der Waals surface area (Å²) in [4.78, 5) is 49.0. The van der Waals surface area contributed by atoms with E-state index < -0.39 is 0 Å². The number of thiazole rings is 1. The average molecular weight is 519 g/mol. The summed E-state index contributed by atoms with van der Waals surface area (Å²) in [5, 5.41) is 3.45. The highest BCUT2D eigenvalue weighted by Crippen LogP contribution is 2.34. The number of nitrogens with one attached hydrogen (secondary N) is 1. The van der Waals surface area contributed by atoms with E-state index >= 15 is 0 Å². The van der Waals surface area contributed by atoms with Gasteiger partial charge in [-0.2, -0.15) is 0 Å². The molecule has 0 aliphatic carbocycles. The minimum atomic E-state index is -0.350. The van der Waals surface area contributed by atoms with Crippen LogP contribution < -0.4 is 21.4 Å². The fourth-order valence-electron chi connectivity index (χ4n) is 5.70. The number of carbonyl (C=O) groups excluding carboxylic acids is 2. The first-order chi connectivity index (χ1) is 18.0. The van der Waals surface area contributed by atoms with E-state index in [1.807, 2.05) is 34.7 Å². The number of nitrogens with two attached hydrogens (primary N) is 1. The second-order valence-corrected chi connectivity index (χ2v) is 10.9. The van der Waals surface area contributed by atoms with Gasteiger partial charge < -0.3 is 20.9 Å². The molecule has 4 aromatic rings. The first-order valence-electron chi connectivity index (χ1n) is 12.9. The molecule has 2 aliphatic heterocycles. The predicted octanol–water partition coefficient (Wildman–Crippen LogP) is 2.59. The Labute approximate surface area is 217 Å². The van der Waals surface area contributed by atoms with Gasteiger partial charge in [0.2, 0.25) is 11.3 Å². The van der Waals surface area contributed by atoms with Gasteiger partial charge in [0.25, 0.3) is 5.91 Å². The zero-order chi connectivity index (χ0) is 25.5. The topological polar surface area (TPSA) is 113 Å². The Morgan fingerprint density at radius 3 is 2.59 bits per heavy atom. The number of carbonyl (C=O) groups is 2. The van der Waals surface area contributed by atoms with E-state index in [0.29, 0.717) is 48.3 Å². The van der Waals surface area contributed by atoms with Crippen LogP contribution in [0.4, 0.5) is 5.69 Å². The number of hydrogen-bond donors (Lipinski definition) is 2. The van der Waals surface area contributed by atoms with Crippen LogP contribution in [-0.2, 0) is 4.79 Å². The van der Waals surface area contributed by atoms with Crippen molar-refractivity contribution in [1.29, 1.82) is 0 Å². The minimum Gasteiger partial charge on any atom is -0.371 e. The molecule has 0 spiro atoms. The Morgan fingerprint density at radius 1 is 1.08 bits per heavy atom. The van der Waals surface area contributed by atoms with Gasteiger partial charge in [-0.15, -0.1) is 11.3 Å². The van der Waals surface area contributed by atoms with Crippen LogP contribution in [0, 0.1) is 5.92 Å². The summed E-state index contributed by atoms with van der Waals surface area (Å²) < 4.78 is 2.93. The molecule has 0 radical (unpaired) electrons. The summed E-state index contributed by atoms with van der Waals surface area (Å²) in [5.74, 6) is -0.786. The van der Waals surface area contributed by atoms with E-state index in [-0.39, 0.29) is 28.7 Å². The van der Waals surface area contributed by atoms with Crippen LogP contribution in [0.5, 0.6) is 0 Å². The van der Waals surface area contributed by atoms with Crippen molar-refractivity contribution < 1.29 is 9.59 Å². The number of hydrogen-bond acceptors (Lipinski definition) is 7. The highest BCUT2D eigenvalue weighted by Gasteiger charge is 2.28.